The van der Waals surface area contributed by atoms with Crippen LogP contribution in [0.25, 0.3) is 0 Å². The van der Waals surface area contributed by atoms with Crippen molar-refractivity contribution in [1.82, 2.24) is 5.32 Å². The molecule has 4 heteroatoms. The fourth-order valence-corrected chi connectivity index (χ4v) is 3.10. The van der Waals surface area contributed by atoms with Crippen molar-refractivity contribution in [2.45, 2.75) is 30.7 Å². The molecule has 1 aromatic carbocycles. The third-order valence-electron chi connectivity index (χ3n) is 2.67. The van der Waals surface area contributed by atoms with E-state index < -0.39 is 0 Å². The Kier molecular flexibility index (Phi) is 3.77. The van der Waals surface area contributed by atoms with Gasteiger partial charge in [-0.05, 0) is 30.2 Å². The number of amides is 1. The van der Waals surface area contributed by atoms with Gasteiger partial charge in [-0.1, -0.05) is 18.5 Å². The molecule has 86 valence electrons. The van der Waals surface area contributed by atoms with E-state index in [-0.39, 0.29) is 11.9 Å². The van der Waals surface area contributed by atoms with Gasteiger partial charge in [-0.15, -0.1) is 11.8 Å². The Morgan fingerprint density at radius 2 is 2.44 bits per heavy atom. The van der Waals surface area contributed by atoms with Crippen LogP contribution < -0.4 is 5.32 Å². The molecule has 0 saturated heterocycles. The van der Waals surface area contributed by atoms with Gasteiger partial charge in [0.1, 0.15) is 0 Å². The normalized spacial score (nSPS) is 19.0. The van der Waals surface area contributed by atoms with Crippen LogP contribution in [0.5, 0.6) is 0 Å². The van der Waals surface area contributed by atoms with Gasteiger partial charge in [-0.2, -0.15) is 0 Å². The van der Waals surface area contributed by atoms with Gasteiger partial charge in [0.05, 0.1) is 6.04 Å². The number of hydrogen-bond donors (Lipinski definition) is 1. The molecular formula is C12H14ClNOS. The molecule has 1 amide bonds. The van der Waals surface area contributed by atoms with E-state index in [0.717, 1.165) is 22.8 Å². The van der Waals surface area contributed by atoms with Crippen LogP contribution in [0.4, 0.5) is 0 Å². The summed E-state index contributed by atoms with van der Waals surface area (Å²) in [6.07, 6.45) is 1.50. The first-order chi connectivity index (χ1) is 7.70. The molecule has 16 heavy (non-hydrogen) atoms. The summed E-state index contributed by atoms with van der Waals surface area (Å²) in [4.78, 5) is 12.7. The molecule has 1 N–H and O–H groups in total. The largest absolute Gasteiger partial charge is 0.349 e. The average Bonchev–Trinajstić information content (AvgIpc) is 2.29. The van der Waals surface area contributed by atoms with Gasteiger partial charge in [-0.3, -0.25) is 4.79 Å². The Hall–Kier alpha value is -0.670. The van der Waals surface area contributed by atoms with Gasteiger partial charge in [0, 0.05) is 22.1 Å². The van der Waals surface area contributed by atoms with Gasteiger partial charge in [0.2, 0.25) is 5.91 Å². The van der Waals surface area contributed by atoms with E-state index in [0.29, 0.717) is 6.42 Å². The number of carbonyl (C=O) groups excluding carboxylic acids is 1. The molecule has 0 saturated carbocycles. The second-order valence-corrected chi connectivity index (χ2v) is 5.37. The van der Waals surface area contributed by atoms with E-state index in [1.165, 1.54) is 4.90 Å². The smallest absolute Gasteiger partial charge is 0.220 e. The minimum atomic E-state index is 0.0998. The number of rotatable bonds is 2. The summed E-state index contributed by atoms with van der Waals surface area (Å²) < 4.78 is 0. The zero-order chi connectivity index (χ0) is 11.5. The molecule has 1 unspecified atom stereocenters. The van der Waals surface area contributed by atoms with E-state index in [2.05, 4.69) is 5.32 Å². The van der Waals surface area contributed by atoms with Crippen molar-refractivity contribution in [2.24, 2.45) is 0 Å². The highest BCUT2D eigenvalue weighted by Crippen LogP contribution is 2.37. The third kappa shape index (κ3) is 2.53. The fraction of sp³-hybridized carbons (Fsp3) is 0.417. The Balaban J connectivity index is 2.24. The highest BCUT2D eigenvalue weighted by Gasteiger charge is 2.21. The highest BCUT2D eigenvalue weighted by molar-refractivity contribution is 7.99. The maximum atomic E-state index is 11.4. The quantitative estimate of drug-likeness (QED) is 0.878. The minimum absolute atomic E-state index is 0.0998. The van der Waals surface area contributed by atoms with Crippen molar-refractivity contribution in [1.29, 1.82) is 0 Å². The summed E-state index contributed by atoms with van der Waals surface area (Å²) in [5, 5.41) is 3.77. The summed E-state index contributed by atoms with van der Waals surface area (Å²) in [5.74, 6) is 1.14. The summed E-state index contributed by atoms with van der Waals surface area (Å²) in [5.41, 5.74) is 1.16. The Bertz CT molecular complexity index is 408. The lowest BCUT2D eigenvalue weighted by Crippen LogP contribution is -2.29. The summed E-state index contributed by atoms with van der Waals surface area (Å²) >= 11 is 7.82. The fourth-order valence-electron chi connectivity index (χ4n) is 1.81. The van der Waals surface area contributed by atoms with E-state index >= 15 is 0 Å². The van der Waals surface area contributed by atoms with Gasteiger partial charge < -0.3 is 5.32 Å². The van der Waals surface area contributed by atoms with E-state index in [1.54, 1.807) is 0 Å². The SMILES string of the molecule is CCC(=O)NC1CCSc2ccc(Cl)cc21. The number of nitrogens with one attached hydrogen (secondary N) is 1. The maximum absolute atomic E-state index is 11.4. The number of fused-ring (bicyclic) bond motifs is 1. The van der Waals surface area contributed by atoms with Crippen LogP contribution in [0.15, 0.2) is 23.1 Å². The third-order valence-corrected chi connectivity index (χ3v) is 4.03. The average molecular weight is 256 g/mol. The molecule has 0 radical (unpaired) electrons. The molecule has 1 aliphatic heterocycles. The molecule has 0 bridgehead atoms. The lowest BCUT2D eigenvalue weighted by molar-refractivity contribution is -0.121. The van der Waals surface area contributed by atoms with E-state index in [4.69, 9.17) is 11.6 Å². The molecule has 1 heterocycles. The molecule has 2 nitrogen and oxygen atoms in total. The molecule has 0 aromatic heterocycles. The maximum Gasteiger partial charge on any atom is 0.220 e. The van der Waals surface area contributed by atoms with E-state index in [9.17, 15) is 4.79 Å². The zero-order valence-electron chi connectivity index (χ0n) is 9.13. The predicted octanol–water partition coefficient (Wildman–Crippen LogP) is 3.40. The van der Waals surface area contributed by atoms with Crippen molar-refractivity contribution in [2.75, 3.05) is 5.75 Å². The molecule has 0 fully saturated rings. The predicted molar refractivity (Wildman–Crippen MR) is 68.0 cm³/mol. The number of halogens is 1. The van der Waals surface area contributed by atoms with Crippen molar-refractivity contribution in [3.63, 3.8) is 0 Å². The van der Waals surface area contributed by atoms with Crippen molar-refractivity contribution >= 4 is 29.3 Å². The van der Waals surface area contributed by atoms with Gasteiger partial charge in [0.25, 0.3) is 0 Å². The molecule has 2 rings (SSSR count). The number of thioether (sulfide) groups is 1. The van der Waals surface area contributed by atoms with Crippen molar-refractivity contribution in [3.05, 3.63) is 28.8 Å². The van der Waals surface area contributed by atoms with Crippen LogP contribution in [0, 0.1) is 0 Å². The molecule has 1 aromatic rings. The second-order valence-electron chi connectivity index (χ2n) is 3.79. The lowest BCUT2D eigenvalue weighted by Gasteiger charge is -2.26. The first-order valence-corrected chi connectivity index (χ1v) is 6.78. The van der Waals surface area contributed by atoms with Gasteiger partial charge in [0.15, 0.2) is 0 Å². The molecule has 0 spiro atoms. The van der Waals surface area contributed by atoms with Crippen LogP contribution in [-0.2, 0) is 4.79 Å². The summed E-state index contributed by atoms with van der Waals surface area (Å²) in [7, 11) is 0. The number of benzene rings is 1. The topological polar surface area (TPSA) is 29.1 Å². The lowest BCUT2D eigenvalue weighted by atomic mass is 10.0. The number of hydrogen-bond acceptors (Lipinski definition) is 2. The monoisotopic (exact) mass is 255 g/mol. The molecular weight excluding hydrogens is 242 g/mol. The van der Waals surface area contributed by atoms with E-state index in [1.807, 2.05) is 36.9 Å². The van der Waals surface area contributed by atoms with Crippen LogP contribution in [-0.4, -0.2) is 11.7 Å². The highest BCUT2D eigenvalue weighted by atomic mass is 35.5. The number of carbonyl (C=O) groups is 1. The van der Waals surface area contributed by atoms with Crippen LogP contribution in [0.2, 0.25) is 5.02 Å². The first-order valence-electron chi connectivity index (χ1n) is 5.42. The van der Waals surface area contributed by atoms with Gasteiger partial charge in [-0.25, -0.2) is 0 Å². The van der Waals surface area contributed by atoms with Gasteiger partial charge >= 0.3 is 0 Å². The van der Waals surface area contributed by atoms with Crippen LogP contribution in [0.3, 0.4) is 0 Å². The van der Waals surface area contributed by atoms with Crippen molar-refractivity contribution < 1.29 is 4.79 Å². The molecule has 1 aliphatic rings. The standard InChI is InChI=1S/C12H14ClNOS/c1-2-12(15)14-10-5-6-16-11-4-3-8(13)7-9(10)11/h3-4,7,10H,2,5-6H2,1H3,(H,14,15). The Labute approximate surface area is 105 Å². The Morgan fingerprint density at radius 3 is 3.19 bits per heavy atom. The van der Waals surface area contributed by atoms with Crippen molar-refractivity contribution in [3.8, 4) is 0 Å². The minimum Gasteiger partial charge on any atom is -0.349 e. The summed E-state index contributed by atoms with van der Waals surface area (Å²) in [6, 6.07) is 6.02. The van der Waals surface area contributed by atoms with Crippen LogP contribution in [0.1, 0.15) is 31.4 Å². The zero-order valence-corrected chi connectivity index (χ0v) is 10.7. The van der Waals surface area contributed by atoms with Crippen LogP contribution >= 0.6 is 23.4 Å². The first kappa shape index (κ1) is 11.8. The second kappa shape index (κ2) is 5.11. The molecule has 1 atom stereocenters. The summed E-state index contributed by atoms with van der Waals surface area (Å²) in [6.45, 7) is 1.87. The Morgan fingerprint density at radius 1 is 1.62 bits per heavy atom. The molecule has 0 aliphatic carbocycles.